The van der Waals surface area contributed by atoms with Gasteiger partial charge in [0.05, 0.1) is 19.1 Å². The Balaban J connectivity index is 1.59. The third-order valence-electron chi connectivity index (χ3n) is 5.40. The molecule has 1 saturated heterocycles. The minimum atomic E-state index is -3.16. The fourth-order valence-corrected chi connectivity index (χ4v) is 5.15. The molecule has 152 valence electrons. The van der Waals surface area contributed by atoms with Crippen LogP contribution in [0.15, 0.2) is 27.8 Å². The summed E-state index contributed by atoms with van der Waals surface area (Å²) in [7, 11) is -3.16. The lowest BCUT2D eigenvalue weighted by atomic mass is 9.96. The first-order valence-electron chi connectivity index (χ1n) is 10.1. The van der Waals surface area contributed by atoms with Crippen molar-refractivity contribution in [2.24, 2.45) is 4.99 Å². The Morgan fingerprint density at radius 1 is 1.26 bits per heavy atom. The number of aliphatic imine (C=N–C) groups is 1. The van der Waals surface area contributed by atoms with Crippen molar-refractivity contribution in [2.75, 3.05) is 25.9 Å². The second kappa shape index (κ2) is 9.59. The van der Waals surface area contributed by atoms with Crippen LogP contribution in [0, 0.1) is 0 Å². The number of hydrogen-bond acceptors (Lipinski definition) is 4. The molecule has 2 fully saturated rings. The zero-order valence-corrected chi connectivity index (χ0v) is 17.0. The van der Waals surface area contributed by atoms with E-state index in [1.54, 1.807) is 10.6 Å². The summed E-state index contributed by atoms with van der Waals surface area (Å²) in [4.78, 5) is 4.74. The van der Waals surface area contributed by atoms with Crippen molar-refractivity contribution in [2.45, 2.75) is 63.5 Å². The van der Waals surface area contributed by atoms with Crippen LogP contribution in [0.25, 0.3) is 0 Å². The van der Waals surface area contributed by atoms with Crippen LogP contribution in [0.3, 0.4) is 0 Å². The lowest BCUT2D eigenvalue weighted by molar-refractivity contribution is 0.393. The SMILES string of the molecule is CS(=O)(=O)N1CCC[C@@H]1CN=C(NCCc1ccco1)NC1CCCCC1. The van der Waals surface area contributed by atoms with E-state index in [1.807, 2.05) is 12.1 Å². The second-order valence-electron chi connectivity index (χ2n) is 7.59. The smallest absolute Gasteiger partial charge is 0.211 e. The number of nitrogens with zero attached hydrogens (tertiary/aromatic N) is 2. The van der Waals surface area contributed by atoms with Gasteiger partial charge in [0.1, 0.15) is 5.76 Å². The van der Waals surface area contributed by atoms with Crippen molar-refractivity contribution >= 4 is 16.0 Å². The zero-order chi connectivity index (χ0) is 19.1. The van der Waals surface area contributed by atoms with Crippen molar-refractivity contribution in [1.29, 1.82) is 0 Å². The van der Waals surface area contributed by atoms with Crippen LogP contribution < -0.4 is 10.6 Å². The summed E-state index contributed by atoms with van der Waals surface area (Å²) in [6.45, 7) is 1.83. The summed E-state index contributed by atoms with van der Waals surface area (Å²) < 4.78 is 30.9. The van der Waals surface area contributed by atoms with Gasteiger partial charge in [-0.3, -0.25) is 4.99 Å². The monoisotopic (exact) mass is 396 g/mol. The van der Waals surface area contributed by atoms with E-state index in [0.29, 0.717) is 19.1 Å². The Kier molecular flexibility index (Phi) is 7.18. The minimum absolute atomic E-state index is 0.0324. The second-order valence-corrected chi connectivity index (χ2v) is 9.53. The maximum absolute atomic E-state index is 11.9. The minimum Gasteiger partial charge on any atom is -0.469 e. The van der Waals surface area contributed by atoms with Gasteiger partial charge >= 0.3 is 0 Å². The van der Waals surface area contributed by atoms with E-state index >= 15 is 0 Å². The van der Waals surface area contributed by atoms with Gasteiger partial charge in [-0.25, -0.2) is 8.42 Å². The molecule has 0 spiro atoms. The summed E-state index contributed by atoms with van der Waals surface area (Å²) in [6, 6.07) is 4.28. The Morgan fingerprint density at radius 2 is 2.07 bits per heavy atom. The molecule has 1 aliphatic carbocycles. The molecule has 1 aromatic rings. The highest BCUT2D eigenvalue weighted by molar-refractivity contribution is 7.88. The molecule has 1 saturated carbocycles. The van der Waals surface area contributed by atoms with Crippen molar-refractivity contribution in [1.82, 2.24) is 14.9 Å². The molecule has 3 rings (SSSR count). The highest BCUT2D eigenvalue weighted by Gasteiger charge is 2.31. The van der Waals surface area contributed by atoms with Gasteiger partial charge < -0.3 is 15.1 Å². The van der Waals surface area contributed by atoms with Crippen LogP contribution in [0.1, 0.15) is 50.7 Å². The van der Waals surface area contributed by atoms with E-state index in [0.717, 1.165) is 50.4 Å². The predicted octanol–water partition coefficient (Wildman–Crippen LogP) is 2.11. The van der Waals surface area contributed by atoms with Crippen LogP contribution >= 0.6 is 0 Å². The molecule has 8 heteroatoms. The molecular weight excluding hydrogens is 364 g/mol. The molecule has 0 unspecified atom stereocenters. The van der Waals surface area contributed by atoms with Crippen molar-refractivity contribution in [3.05, 3.63) is 24.2 Å². The van der Waals surface area contributed by atoms with Gasteiger partial charge in [0.15, 0.2) is 5.96 Å². The first kappa shape index (κ1) is 20.2. The van der Waals surface area contributed by atoms with Gasteiger partial charge in [0.2, 0.25) is 10.0 Å². The number of rotatable bonds is 7. The third kappa shape index (κ3) is 6.24. The van der Waals surface area contributed by atoms with Crippen LogP contribution in [0.4, 0.5) is 0 Å². The van der Waals surface area contributed by atoms with Crippen molar-refractivity contribution < 1.29 is 12.8 Å². The molecule has 1 atom stereocenters. The van der Waals surface area contributed by atoms with E-state index < -0.39 is 10.0 Å². The topological polar surface area (TPSA) is 86.9 Å². The van der Waals surface area contributed by atoms with Gasteiger partial charge in [0.25, 0.3) is 0 Å². The predicted molar refractivity (Wildman–Crippen MR) is 107 cm³/mol. The molecule has 2 N–H and O–H groups in total. The molecule has 0 bridgehead atoms. The maximum atomic E-state index is 11.9. The van der Waals surface area contributed by atoms with E-state index in [2.05, 4.69) is 10.6 Å². The van der Waals surface area contributed by atoms with E-state index in [1.165, 1.54) is 25.5 Å². The number of nitrogens with one attached hydrogen (secondary N) is 2. The summed E-state index contributed by atoms with van der Waals surface area (Å²) >= 11 is 0. The summed E-state index contributed by atoms with van der Waals surface area (Å²) in [5.41, 5.74) is 0. The molecule has 0 aromatic carbocycles. The molecule has 2 heterocycles. The quantitative estimate of drug-likeness (QED) is 0.544. The molecule has 1 aliphatic heterocycles. The van der Waals surface area contributed by atoms with Gasteiger partial charge in [-0.2, -0.15) is 4.31 Å². The van der Waals surface area contributed by atoms with E-state index in [-0.39, 0.29) is 6.04 Å². The zero-order valence-electron chi connectivity index (χ0n) is 16.2. The normalized spacial score (nSPS) is 22.9. The molecule has 1 aromatic heterocycles. The first-order valence-corrected chi connectivity index (χ1v) is 11.9. The van der Waals surface area contributed by atoms with E-state index in [4.69, 9.17) is 9.41 Å². The Labute approximate surface area is 162 Å². The van der Waals surface area contributed by atoms with Gasteiger partial charge in [-0.15, -0.1) is 0 Å². The summed E-state index contributed by atoms with van der Waals surface area (Å²) in [5.74, 6) is 1.73. The highest BCUT2D eigenvalue weighted by atomic mass is 32.2. The third-order valence-corrected chi connectivity index (χ3v) is 6.73. The summed E-state index contributed by atoms with van der Waals surface area (Å²) in [6.07, 6.45) is 11.7. The molecule has 7 nitrogen and oxygen atoms in total. The van der Waals surface area contributed by atoms with Crippen LogP contribution in [0.5, 0.6) is 0 Å². The van der Waals surface area contributed by atoms with Gasteiger partial charge in [-0.05, 0) is 37.8 Å². The number of sulfonamides is 1. The number of hydrogen-bond donors (Lipinski definition) is 2. The molecule has 0 radical (unpaired) electrons. The molecule has 0 amide bonds. The van der Waals surface area contributed by atoms with Crippen molar-refractivity contribution in [3.8, 4) is 0 Å². The number of guanidine groups is 1. The Morgan fingerprint density at radius 3 is 2.78 bits per heavy atom. The maximum Gasteiger partial charge on any atom is 0.211 e. The Bertz CT molecular complexity index is 697. The number of furan rings is 1. The van der Waals surface area contributed by atoms with Crippen LogP contribution in [-0.2, 0) is 16.4 Å². The van der Waals surface area contributed by atoms with Crippen LogP contribution in [0.2, 0.25) is 0 Å². The summed E-state index contributed by atoms with van der Waals surface area (Å²) in [5, 5.41) is 6.95. The van der Waals surface area contributed by atoms with E-state index in [9.17, 15) is 8.42 Å². The van der Waals surface area contributed by atoms with Gasteiger partial charge in [0, 0.05) is 31.6 Å². The van der Waals surface area contributed by atoms with Crippen LogP contribution in [-0.4, -0.2) is 56.7 Å². The standard InChI is InChI=1S/C19H32N4O3S/c1-27(24,25)23-13-5-9-17(23)15-21-19(22-16-7-3-2-4-8-16)20-12-11-18-10-6-14-26-18/h6,10,14,16-17H,2-5,7-9,11-13,15H2,1H3,(H2,20,21,22)/t17-/m1/s1. The lowest BCUT2D eigenvalue weighted by Crippen LogP contribution is -2.45. The molecular formula is C19H32N4O3S. The van der Waals surface area contributed by atoms with Gasteiger partial charge in [-0.1, -0.05) is 19.3 Å². The fraction of sp³-hybridized carbons (Fsp3) is 0.737. The fourth-order valence-electron chi connectivity index (χ4n) is 3.98. The van der Waals surface area contributed by atoms with Crippen molar-refractivity contribution in [3.63, 3.8) is 0 Å². The highest BCUT2D eigenvalue weighted by Crippen LogP contribution is 2.21. The largest absolute Gasteiger partial charge is 0.469 e. The average Bonchev–Trinajstić information content (AvgIpc) is 3.31. The Hall–Kier alpha value is -1.54. The molecule has 27 heavy (non-hydrogen) atoms. The lowest BCUT2D eigenvalue weighted by Gasteiger charge is -2.26. The first-order chi connectivity index (χ1) is 13.0. The molecule has 2 aliphatic rings. The average molecular weight is 397 g/mol.